The van der Waals surface area contributed by atoms with E-state index in [2.05, 4.69) is 0 Å². The van der Waals surface area contributed by atoms with Crippen molar-refractivity contribution in [3.05, 3.63) is 0 Å². The Balaban J connectivity index is 2.09. The Morgan fingerprint density at radius 1 is 1.33 bits per heavy atom. The van der Waals surface area contributed by atoms with Gasteiger partial charge in [0.15, 0.2) is 0 Å². The minimum Gasteiger partial charge on any atom is -0.303 e. The summed E-state index contributed by atoms with van der Waals surface area (Å²) >= 11 is 2.02. The van der Waals surface area contributed by atoms with Crippen molar-refractivity contribution in [1.82, 2.24) is 0 Å². The van der Waals surface area contributed by atoms with Gasteiger partial charge in [-0.25, -0.2) is 0 Å². The number of carbonyl (C=O) groups is 1. The van der Waals surface area contributed by atoms with Crippen LogP contribution in [0.5, 0.6) is 0 Å². The molecule has 2 aliphatic rings. The van der Waals surface area contributed by atoms with E-state index in [4.69, 9.17) is 0 Å². The van der Waals surface area contributed by atoms with Gasteiger partial charge in [0.1, 0.15) is 6.29 Å². The molecule has 1 heterocycles. The van der Waals surface area contributed by atoms with Crippen LogP contribution in [-0.4, -0.2) is 17.8 Å². The average Bonchev–Trinajstić information content (AvgIpc) is 2.76. The summed E-state index contributed by atoms with van der Waals surface area (Å²) in [6.07, 6.45) is 7.45. The lowest BCUT2D eigenvalue weighted by atomic mass is 9.75. The molecule has 12 heavy (non-hydrogen) atoms. The Bertz CT molecular complexity index is 167. The first kappa shape index (κ1) is 8.61. The number of thioether (sulfide) groups is 1. The third kappa shape index (κ3) is 1.30. The Morgan fingerprint density at radius 2 is 2.08 bits per heavy atom. The lowest BCUT2D eigenvalue weighted by Crippen LogP contribution is -2.29. The Labute approximate surface area is 78.3 Å². The van der Waals surface area contributed by atoms with E-state index in [1.54, 1.807) is 0 Å². The molecule has 0 bridgehead atoms. The van der Waals surface area contributed by atoms with Crippen molar-refractivity contribution in [2.24, 2.45) is 11.3 Å². The predicted octanol–water partition coefficient (Wildman–Crippen LogP) is 2.50. The second kappa shape index (κ2) is 3.41. The fourth-order valence-electron chi connectivity index (χ4n) is 2.64. The number of hydrogen-bond donors (Lipinski definition) is 0. The van der Waals surface area contributed by atoms with Crippen LogP contribution >= 0.6 is 11.8 Å². The van der Waals surface area contributed by atoms with Crippen molar-refractivity contribution in [3.63, 3.8) is 0 Å². The zero-order valence-electron chi connectivity index (χ0n) is 7.42. The van der Waals surface area contributed by atoms with Crippen LogP contribution < -0.4 is 0 Å². The average molecular weight is 184 g/mol. The van der Waals surface area contributed by atoms with Crippen molar-refractivity contribution >= 4 is 18.0 Å². The number of hydrogen-bond acceptors (Lipinski definition) is 2. The first-order valence-electron chi connectivity index (χ1n) is 4.91. The maximum Gasteiger partial charge on any atom is 0.126 e. The van der Waals surface area contributed by atoms with Crippen molar-refractivity contribution in [3.8, 4) is 0 Å². The largest absolute Gasteiger partial charge is 0.303 e. The highest BCUT2D eigenvalue weighted by Crippen LogP contribution is 2.47. The lowest BCUT2D eigenvalue weighted by molar-refractivity contribution is -0.118. The van der Waals surface area contributed by atoms with Gasteiger partial charge >= 0.3 is 0 Å². The van der Waals surface area contributed by atoms with Gasteiger partial charge in [0.25, 0.3) is 0 Å². The maximum absolute atomic E-state index is 11.1. The van der Waals surface area contributed by atoms with E-state index in [1.165, 1.54) is 49.9 Å². The van der Waals surface area contributed by atoms with Crippen LogP contribution in [-0.2, 0) is 4.79 Å². The Morgan fingerprint density at radius 3 is 2.58 bits per heavy atom. The molecule has 1 saturated carbocycles. The molecule has 1 aliphatic carbocycles. The number of carbonyl (C=O) groups excluding carboxylic acids is 1. The summed E-state index contributed by atoms with van der Waals surface area (Å²) < 4.78 is 0. The molecule has 0 amide bonds. The second-order valence-electron chi connectivity index (χ2n) is 4.12. The molecule has 1 nitrogen and oxygen atoms in total. The molecule has 2 fully saturated rings. The zero-order valence-corrected chi connectivity index (χ0v) is 8.24. The quantitative estimate of drug-likeness (QED) is 0.613. The summed E-state index contributed by atoms with van der Waals surface area (Å²) in [5, 5.41) is 0. The molecule has 2 heteroatoms. The third-order valence-electron chi connectivity index (χ3n) is 3.51. The van der Waals surface area contributed by atoms with Gasteiger partial charge in [-0.1, -0.05) is 12.8 Å². The first-order chi connectivity index (χ1) is 5.87. The Kier molecular flexibility index (Phi) is 2.44. The molecule has 68 valence electrons. The van der Waals surface area contributed by atoms with Crippen molar-refractivity contribution in [2.75, 3.05) is 11.5 Å². The Hall–Kier alpha value is 0.0200. The van der Waals surface area contributed by atoms with Crippen LogP contribution in [0, 0.1) is 11.3 Å². The molecular weight excluding hydrogens is 168 g/mol. The highest BCUT2D eigenvalue weighted by molar-refractivity contribution is 7.99. The van der Waals surface area contributed by atoms with Gasteiger partial charge in [-0.05, 0) is 36.7 Å². The summed E-state index contributed by atoms with van der Waals surface area (Å²) in [5.41, 5.74) is 0.115. The van der Waals surface area contributed by atoms with Gasteiger partial charge in [-0.15, -0.1) is 0 Å². The van der Waals surface area contributed by atoms with Gasteiger partial charge in [0.2, 0.25) is 0 Å². The van der Waals surface area contributed by atoms with E-state index in [1.807, 2.05) is 11.8 Å². The van der Waals surface area contributed by atoms with Crippen LogP contribution in [0.2, 0.25) is 0 Å². The summed E-state index contributed by atoms with van der Waals surface area (Å²) in [6, 6.07) is 0. The molecule has 0 N–H and O–H groups in total. The lowest BCUT2D eigenvalue weighted by Gasteiger charge is -2.28. The molecule has 0 aromatic carbocycles. The molecule has 2 rings (SSSR count). The SMILES string of the molecule is O=CC1(C2CCSC2)CCCC1. The smallest absolute Gasteiger partial charge is 0.126 e. The zero-order chi connectivity index (χ0) is 8.44. The molecule has 1 saturated heterocycles. The standard InChI is InChI=1S/C10H16OS/c11-8-10(4-1-2-5-10)9-3-6-12-7-9/h8-9H,1-7H2. The molecule has 0 aromatic heterocycles. The molecular formula is C10H16OS. The molecule has 1 atom stereocenters. The van der Waals surface area contributed by atoms with Gasteiger partial charge < -0.3 is 4.79 Å². The molecule has 0 spiro atoms. The molecule has 1 aliphatic heterocycles. The highest BCUT2D eigenvalue weighted by Gasteiger charge is 2.42. The minimum atomic E-state index is 0.115. The van der Waals surface area contributed by atoms with E-state index in [9.17, 15) is 4.79 Å². The monoisotopic (exact) mass is 184 g/mol. The van der Waals surface area contributed by atoms with E-state index in [0.717, 1.165) is 0 Å². The van der Waals surface area contributed by atoms with E-state index in [0.29, 0.717) is 5.92 Å². The van der Waals surface area contributed by atoms with Crippen molar-refractivity contribution in [1.29, 1.82) is 0 Å². The summed E-state index contributed by atoms with van der Waals surface area (Å²) in [7, 11) is 0. The van der Waals surface area contributed by atoms with Crippen LogP contribution in [0.3, 0.4) is 0 Å². The van der Waals surface area contributed by atoms with Crippen LogP contribution in [0.25, 0.3) is 0 Å². The highest BCUT2D eigenvalue weighted by atomic mass is 32.2. The van der Waals surface area contributed by atoms with Gasteiger partial charge in [-0.2, -0.15) is 11.8 Å². The number of aldehydes is 1. The summed E-state index contributed by atoms with van der Waals surface area (Å²) in [5.74, 6) is 3.22. The summed E-state index contributed by atoms with van der Waals surface area (Å²) in [6.45, 7) is 0. The summed E-state index contributed by atoms with van der Waals surface area (Å²) in [4.78, 5) is 11.1. The maximum atomic E-state index is 11.1. The van der Waals surface area contributed by atoms with Crippen LogP contribution in [0.1, 0.15) is 32.1 Å². The van der Waals surface area contributed by atoms with Crippen LogP contribution in [0.4, 0.5) is 0 Å². The third-order valence-corrected chi connectivity index (χ3v) is 4.67. The van der Waals surface area contributed by atoms with Crippen molar-refractivity contribution < 1.29 is 4.79 Å². The van der Waals surface area contributed by atoms with Gasteiger partial charge in [0, 0.05) is 5.41 Å². The fourth-order valence-corrected chi connectivity index (χ4v) is 4.04. The van der Waals surface area contributed by atoms with Gasteiger partial charge in [-0.3, -0.25) is 0 Å². The second-order valence-corrected chi connectivity index (χ2v) is 5.27. The van der Waals surface area contributed by atoms with Crippen molar-refractivity contribution in [2.45, 2.75) is 32.1 Å². The fraction of sp³-hybridized carbons (Fsp3) is 0.900. The topological polar surface area (TPSA) is 17.1 Å². The predicted molar refractivity (Wildman–Crippen MR) is 52.4 cm³/mol. The van der Waals surface area contributed by atoms with Gasteiger partial charge in [0.05, 0.1) is 0 Å². The normalized spacial score (nSPS) is 33.8. The van der Waals surface area contributed by atoms with E-state index in [-0.39, 0.29) is 5.41 Å². The molecule has 0 aromatic rings. The van der Waals surface area contributed by atoms with E-state index >= 15 is 0 Å². The van der Waals surface area contributed by atoms with E-state index < -0.39 is 0 Å². The molecule has 0 radical (unpaired) electrons. The molecule has 1 unspecified atom stereocenters. The minimum absolute atomic E-state index is 0.115. The number of rotatable bonds is 2. The van der Waals surface area contributed by atoms with Crippen LogP contribution in [0.15, 0.2) is 0 Å². The first-order valence-corrected chi connectivity index (χ1v) is 6.07.